The fraction of sp³-hybridized carbons (Fsp3) is 0.571. The highest BCUT2D eigenvalue weighted by atomic mass is 127. The van der Waals surface area contributed by atoms with Crippen LogP contribution >= 0.6 is 22.6 Å². The fourth-order valence-corrected chi connectivity index (χ4v) is 1.92. The molecule has 0 radical (unpaired) electrons. The molecule has 1 aromatic rings. The first-order valence-electron chi connectivity index (χ1n) is 3.76. The Morgan fingerprint density at radius 3 is 3.36 bits per heavy atom. The monoisotopic (exact) mass is 263 g/mol. The highest BCUT2D eigenvalue weighted by Crippen LogP contribution is 2.26. The van der Waals surface area contributed by atoms with Gasteiger partial charge in [-0.2, -0.15) is 5.10 Å². The van der Waals surface area contributed by atoms with Crippen LogP contribution in [0, 0.1) is 3.57 Å². The molecule has 11 heavy (non-hydrogen) atoms. The van der Waals surface area contributed by atoms with Gasteiger partial charge in [0.15, 0.2) is 0 Å². The molecule has 1 aliphatic heterocycles. The maximum absolute atomic E-state index is 4.28. The second kappa shape index (κ2) is 2.66. The first kappa shape index (κ1) is 7.39. The van der Waals surface area contributed by atoms with Crippen LogP contribution in [0.5, 0.6) is 0 Å². The van der Waals surface area contributed by atoms with Crippen LogP contribution in [0.4, 0.5) is 5.82 Å². The van der Waals surface area contributed by atoms with E-state index in [2.05, 4.69) is 44.6 Å². The smallest absolute Gasteiger partial charge is 0.138 e. The first-order valence-corrected chi connectivity index (χ1v) is 4.84. The topological polar surface area (TPSA) is 29.9 Å². The number of hydrogen-bond acceptors (Lipinski definition) is 2. The van der Waals surface area contributed by atoms with Crippen LogP contribution < -0.4 is 5.32 Å². The van der Waals surface area contributed by atoms with E-state index in [0.717, 1.165) is 6.54 Å². The Morgan fingerprint density at radius 2 is 2.64 bits per heavy atom. The summed E-state index contributed by atoms with van der Waals surface area (Å²) in [6.07, 6.45) is 3.08. The van der Waals surface area contributed by atoms with Crippen LogP contribution in [0.3, 0.4) is 0 Å². The van der Waals surface area contributed by atoms with Crippen molar-refractivity contribution in [1.82, 2.24) is 9.78 Å². The quantitative estimate of drug-likeness (QED) is 0.724. The molecule has 0 spiro atoms. The fourth-order valence-electron chi connectivity index (χ4n) is 1.36. The molecule has 0 aromatic carbocycles. The highest BCUT2D eigenvalue weighted by Gasteiger charge is 2.17. The third-order valence-electron chi connectivity index (χ3n) is 2.02. The van der Waals surface area contributed by atoms with Crippen LogP contribution in [0.1, 0.15) is 19.4 Å². The molecule has 0 amide bonds. The second-order valence-electron chi connectivity index (χ2n) is 2.85. The van der Waals surface area contributed by atoms with E-state index in [1.54, 1.807) is 0 Å². The lowest BCUT2D eigenvalue weighted by atomic mass is 10.2. The predicted octanol–water partition coefficient (Wildman–Crippen LogP) is 1.86. The van der Waals surface area contributed by atoms with E-state index in [9.17, 15) is 0 Å². The van der Waals surface area contributed by atoms with Gasteiger partial charge < -0.3 is 5.32 Å². The van der Waals surface area contributed by atoms with Crippen LogP contribution in [0.2, 0.25) is 0 Å². The Labute approximate surface area is 79.3 Å². The molecular formula is C7H10IN3. The van der Waals surface area contributed by atoms with Crippen molar-refractivity contribution in [3.63, 3.8) is 0 Å². The molecule has 0 bridgehead atoms. The Hall–Kier alpha value is -0.260. The maximum Gasteiger partial charge on any atom is 0.138 e. The van der Waals surface area contributed by atoms with Gasteiger partial charge in [-0.25, -0.2) is 4.68 Å². The number of hydrogen-bond donors (Lipinski definition) is 1. The van der Waals surface area contributed by atoms with Crippen LogP contribution in [-0.2, 0) is 0 Å². The van der Waals surface area contributed by atoms with Crippen molar-refractivity contribution < 1.29 is 0 Å². The molecule has 0 saturated heterocycles. The highest BCUT2D eigenvalue weighted by molar-refractivity contribution is 14.1. The Bertz CT molecular complexity index is 269. The molecule has 1 aromatic heterocycles. The number of aromatic nitrogens is 2. The third kappa shape index (κ3) is 1.13. The largest absolute Gasteiger partial charge is 0.369 e. The van der Waals surface area contributed by atoms with Gasteiger partial charge in [0.2, 0.25) is 0 Å². The van der Waals surface area contributed by atoms with Crippen LogP contribution in [0.25, 0.3) is 0 Å². The predicted molar refractivity (Wildman–Crippen MR) is 52.8 cm³/mol. The second-order valence-corrected chi connectivity index (χ2v) is 4.01. The van der Waals surface area contributed by atoms with Crippen molar-refractivity contribution in [3.05, 3.63) is 9.77 Å². The standard InChI is InChI=1S/C7H10IN3/c1-5-2-3-9-7-6(8)4-10-11(5)7/h4-5,9H,2-3H2,1H3. The summed E-state index contributed by atoms with van der Waals surface area (Å²) < 4.78 is 3.28. The minimum atomic E-state index is 0.551. The summed E-state index contributed by atoms with van der Waals surface area (Å²) in [5.41, 5.74) is 0. The molecule has 0 fully saturated rings. The summed E-state index contributed by atoms with van der Waals surface area (Å²) in [5, 5.41) is 7.62. The molecule has 3 nitrogen and oxygen atoms in total. The average Bonchev–Trinajstić information content (AvgIpc) is 2.35. The summed E-state index contributed by atoms with van der Waals surface area (Å²) in [7, 11) is 0. The Morgan fingerprint density at radius 1 is 1.82 bits per heavy atom. The summed E-state index contributed by atoms with van der Waals surface area (Å²) in [6, 6.07) is 0.551. The van der Waals surface area contributed by atoms with Crippen molar-refractivity contribution >= 4 is 28.4 Å². The van der Waals surface area contributed by atoms with Crippen molar-refractivity contribution in [1.29, 1.82) is 0 Å². The number of rotatable bonds is 0. The molecule has 1 atom stereocenters. The van der Waals surface area contributed by atoms with E-state index >= 15 is 0 Å². The molecule has 1 unspecified atom stereocenters. The average molecular weight is 263 g/mol. The van der Waals surface area contributed by atoms with Crippen molar-refractivity contribution in [2.24, 2.45) is 0 Å². The van der Waals surface area contributed by atoms with Crippen molar-refractivity contribution in [3.8, 4) is 0 Å². The normalized spacial score (nSPS) is 22.5. The van der Waals surface area contributed by atoms with E-state index in [1.807, 2.05) is 6.20 Å². The van der Waals surface area contributed by atoms with E-state index in [4.69, 9.17) is 0 Å². The summed E-state index contributed by atoms with van der Waals surface area (Å²) in [4.78, 5) is 0. The first-order chi connectivity index (χ1) is 5.29. The van der Waals surface area contributed by atoms with Gasteiger partial charge in [0.25, 0.3) is 0 Å². The molecule has 0 aliphatic carbocycles. The van der Waals surface area contributed by atoms with Gasteiger partial charge in [-0.3, -0.25) is 0 Å². The maximum atomic E-state index is 4.28. The third-order valence-corrected chi connectivity index (χ3v) is 2.81. The molecule has 1 aliphatic rings. The minimum absolute atomic E-state index is 0.551. The SMILES string of the molecule is CC1CCNc2c(I)cnn21. The zero-order chi connectivity index (χ0) is 7.84. The summed E-state index contributed by atoms with van der Waals surface area (Å²) in [5.74, 6) is 1.18. The van der Waals surface area contributed by atoms with Gasteiger partial charge in [-0.1, -0.05) is 0 Å². The van der Waals surface area contributed by atoms with Crippen LogP contribution in [-0.4, -0.2) is 16.3 Å². The van der Waals surface area contributed by atoms with Gasteiger partial charge in [-0.05, 0) is 35.9 Å². The summed E-state index contributed by atoms with van der Waals surface area (Å²) >= 11 is 2.30. The molecule has 0 saturated carbocycles. The lowest BCUT2D eigenvalue weighted by molar-refractivity contribution is 0.453. The number of fused-ring (bicyclic) bond motifs is 1. The molecule has 2 rings (SSSR count). The number of halogens is 1. The van der Waals surface area contributed by atoms with E-state index in [0.29, 0.717) is 6.04 Å². The number of anilines is 1. The minimum Gasteiger partial charge on any atom is -0.369 e. The van der Waals surface area contributed by atoms with Crippen molar-refractivity contribution in [2.45, 2.75) is 19.4 Å². The number of nitrogens with zero attached hydrogens (tertiary/aromatic N) is 2. The summed E-state index contributed by atoms with van der Waals surface area (Å²) in [6.45, 7) is 3.27. The van der Waals surface area contributed by atoms with Gasteiger partial charge in [0.1, 0.15) is 5.82 Å². The molecule has 4 heteroatoms. The molecular weight excluding hydrogens is 253 g/mol. The van der Waals surface area contributed by atoms with E-state index < -0.39 is 0 Å². The zero-order valence-electron chi connectivity index (χ0n) is 6.34. The van der Waals surface area contributed by atoms with Gasteiger partial charge in [0, 0.05) is 6.54 Å². The molecule has 60 valence electrons. The van der Waals surface area contributed by atoms with Crippen LogP contribution in [0.15, 0.2) is 6.20 Å². The zero-order valence-corrected chi connectivity index (χ0v) is 8.50. The van der Waals surface area contributed by atoms with E-state index in [1.165, 1.54) is 15.8 Å². The Kier molecular flexibility index (Phi) is 1.78. The molecule has 1 N–H and O–H groups in total. The van der Waals surface area contributed by atoms with Gasteiger partial charge in [0.05, 0.1) is 15.8 Å². The van der Waals surface area contributed by atoms with Gasteiger partial charge >= 0.3 is 0 Å². The lowest BCUT2D eigenvalue weighted by Crippen LogP contribution is -2.21. The number of nitrogens with one attached hydrogen (secondary N) is 1. The van der Waals surface area contributed by atoms with E-state index in [-0.39, 0.29) is 0 Å². The Balaban J connectivity index is 2.46. The van der Waals surface area contributed by atoms with Crippen molar-refractivity contribution in [2.75, 3.05) is 11.9 Å². The molecule has 2 heterocycles. The van der Waals surface area contributed by atoms with Gasteiger partial charge in [-0.15, -0.1) is 0 Å². The lowest BCUT2D eigenvalue weighted by Gasteiger charge is -2.22.